The van der Waals surface area contributed by atoms with Crippen molar-refractivity contribution in [2.75, 3.05) is 6.61 Å². The zero-order valence-corrected chi connectivity index (χ0v) is 13.6. The van der Waals surface area contributed by atoms with Gasteiger partial charge in [0.2, 0.25) is 0 Å². The highest BCUT2D eigenvalue weighted by Gasteiger charge is 2.12. The molecule has 4 nitrogen and oxygen atoms in total. The standard InChI is InChI=1S/C18H23NO3/c1-13(2)9-10-21-17-7-5-15(6-8-17)11-16(12-19)18(20)22-14(3)4/h5-8,11,13-14H,9-10H2,1-4H3/b16-11-. The van der Waals surface area contributed by atoms with E-state index in [0.717, 1.165) is 17.7 Å². The molecule has 0 aliphatic heterocycles. The van der Waals surface area contributed by atoms with Gasteiger partial charge in [0.05, 0.1) is 12.7 Å². The molecule has 118 valence electrons. The van der Waals surface area contributed by atoms with Crippen molar-refractivity contribution in [1.29, 1.82) is 5.26 Å². The molecule has 0 fully saturated rings. The Balaban J connectivity index is 2.70. The molecule has 4 heteroatoms. The lowest BCUT2D eigenvalue weighted by Gasteiger charge is -2.08. The highest BCUT2D eigenvalue weighted by Crippen LogP contribution is 2.16. The van der Waals surface area contributed by atoms with Gasteiger partial charge >= 0.3 is 5.97 Å². The van der Waals surface area contributed by atoms with Crippen LogP contribution in [-0.2, 0) is 9.53 Å². The van der Waals surface area contributed by atoms with Crippen molar-refractivity contribution in [2.24, 2.45) is 5.92 Å². The Hall–Kier alpha value is -2.28. The Kier molecular flexibility index (Phi) is 7.18. The van der Waals surface area contributed by atoms with Crippen LogP contribution in [0.1, 0.15) is 39.7 Å². The van der Waals surface area contributed by atoms with Crippen LogP contribution < -0.4 is 4.74 Å². The van der Waals surface area contributed by atoms with Gasteiger partial charge in [0, 0.05) is 0 Å². The zero-order chi connectivity index (χ0) is 16.5. The third-order valence-electron chi connectivity index (χ3n) is 2.84. The molecule has 0 radical (unpaired) electrons. The highest BCUT2D eigenvalue weighted by atomic mass is 16.5. The average molecular weight is 301 g/mol. The number of nitriles is 1. The number of esters is 1. The van der Waals surface area contributed by atoms with E-state index in [9.17, 15) is 4.79 Å². The molecule has 22 heavy (non-hydrogen) atoms. The van der Waals surface area contributed by atoms with Gasteiger partial charge in [-0.15, -0.1) is 0 Å². The second-order valence-corrected chi connectivity index (χ2v) is 5.72. The van der Waals surface area contributed by atoms with Crippen molar-refractivity contribution in [1.82, 2.24) is 0 Å². The van der Waals surface area contributed by atoms with E-state index in [0.29, 0.717) is 12.5 Å². The number of hydrogen-bond acceptors (Lipinski definition) is 4. The van der Waals surface area contributed by atoms with Crippen LogP contribution in [0.25, 0.3) is 6.08 Å². The number of nitrogens with zero attached hydrogens (tertiary/aromatic N) is 1. The summed E-state index contributed by atoms with van der Waals surface area (Å²) < 4.78 is 10.6. The van der Waals surface area contributed by atoms with E-state index in [2.05, 4.69) is 13.8 Å². The van der Waals surface area contributed by atoms with Gasteiger partial charge in [-0.2, -0.15) is 5.26 Å². The molecule has 0 spiro atoms. The molecule has 0 unspecified atom stereocenters. The van der Waals surface area contributed by atoms with Gasteiger partial charge in [-0.05, 0) is 50.0 Å². The SMILES string of the molecule is CC(C)CCOc1ccc(/C=C(/C#N)C(=O)OC(C)C)cc1. The van der Waals surface area contributed by atoms with Gasteiger partial charge in [-0.1, -0.05) is 26.0 Å². The highest BCUT2D eigenvalue weighted by molar-refractivity contribution is 5.97. The first-order valence-corrected chi connectivity index (χ1v) is 7.48. The fraction of sp³-hybridized carbons (Fsp3) is 0.444. The molecule has 0 saturated heterocycles. The van der Waals surface area contributed by atoms with Crippen LogP contribution in [0.4, 0.5) is 0 Å². The largest absolute Gasteiger partial charge is 0.494 e. The summed E-state index contributed by atoms with van der Waals surface area (Å²) in [7, 11) is 0. The molecule has 0 heterocycles. The van der Waals surface area contributed by atoms with Gasteiger partial charge in [-0.25, -0.2) is 4.79 Å². The monoisotopic (exact) mass is 301 g/mol. The summed E-state index contributed by atoms with van der Waals surface area (Å²) in [5.41, 5.74) is 0.746. The second-order valence-electron chi connectivity index (χ2n) is 5.72. The molecule has 0 amide bonds. The first kappa shape index (κ1) is 17.8. The summed E-state index contributed by atoms with van der Waals surface area (Å²) in [6, 6.07) is 9.15. The zero-order valence-electron chi connectivity index (χ0n) is 13.6. The molecule has 0 N–H and O–H groups in total. The third-order valence-corrected chi connectivity index (χ3v) is 2.84. The Morgan fingerprint density at radius 2 is 1.86 bits per heavy atom. The number of hydrogen-bond donors (Lipinski definition) is 0. The fourth-order valence-electron chi connectivity index (χ4n) is 1.65. The first-order chi connectivity index (χ1) is 10.4. The van der Waals surface area contributed by atoms with Crippen molar-refractivity contribution in [3.05, 3.63) is 35.4 Å². The lowest BCUT2D eigenvalue weighted by molar-refractivity contribution is -0.142. The summed E-state index contributed by atoms with van der Waals surface area (Å²) in [5.74, 6) is 0.781. The number of ether oxygens (including phenoxy) is 2. The van der Waals surface area contributed by atoms with E-state index < -0.39 is 5.97 Å². The quantitative estimate of drug-likeness (QED) is 0.434. The third kappa shape index (κ3) is 6.45. The summed E-state index contributed by atoms with van der Waals surface area (Å²) in [6.07, 6.45) is 2.27. The van der Waals surface area contributed by atoms with Gasteiger partial charge in [0.1, 0.15) is 17.4 Å². The van der Waals surface area contributed by atoms with E-state index in [1.165, 1.54) is 6.08 Å². The summed E-state index contributed by atoms with van der Waals surface area (Å²) in [5, 5.41) is 9.05. The molecule has 0 atom stereocenters. The van der Waals surface area contributed by atoms with Gasteiger partial charge in [0.25, 0.3) is 0 Å². The Bertz CT molecular complexity index is 551. The second kappa shape index (κ2) is 8.89. The predicted octanol–water partition coefficient (Wildman–Crippen LogP) is 3.97. The number of rotatable bonds is 7. The van der Waals surface area contributed by atoms with E-state index >= 15 is 0 Å². The smallest absolute Gasteiger partial charge is 0.349 e. The molecule has 0 bridgehead atoms. The maximum Gasteiger partial charge on any atom is 0.349 e. The van der Waals surface area contributed by atoms with E-state index in [1.54, 1.807) is 13.8 Å². The number of carbonyl (C=O) groups is 1. The average Bonchev–Trinajstić information content (AvgIpc) is 2.45. The van der Waals surface area contributed by atoms with Crippen molar-refractivity contribution >= 4 is 12.0 Å². The lowest BCUT2D eigenvalue weighted by atomic mass is 10.1. The van der Waals surface area contributed by atoms with Crippen molar-refractivity contribution < 1.29 is 14.3 Å². The molecule has 1 rings (SSSR count). The molecule has 0 aliphatic rings. The fourth-order valence-corrected chi connectivity index (χ4v) is 1.65. The molecular weight excluding hydrogens is 278 g/mol. The maximum atomic E-state index is 11.7. The minimum Gasteiger partial charge on any atom is -0.494 e. The van der Waals surface area contributed by atoms with Crippen LogP contribution >= 0.6 is 0 Å². The Morgan fingerprint density at radius 3 is 2.36 bits per heavy atom. The Labute approximate surface area is 132 Å². The molecule has 0 saturated carbocycles. The van der Waals surface area contributed by atoms with Crippen molar-refractivity contribution in [3.8, 4) is 11.8 Å². The van der Waals surface area contributed by atoms with Gasteiger partial charge in [0.15, 0.2) is 0 Å². The number of benzene rings is 1. The normalized spacial score (nSPS) is 11.4. The van der Waals surface area contributed by atoms with E-state index in [1.807, 2.05) is 30.3 Å². The summed E-state index contributed by atoms with van der Waals surface area (Å²) in [6.45, 7) is 8.47. The topological polar surface area (TPSA) is 59.3 Å². The van der Waals surface area contributed by atoms with Gasteiger partial charge < -0.3 is 9.47 Å². The first-order valence-electron chi connectivity index (χ1n) is 7.48. The molecule has 0 aliphatic carbocycles. The Morgan fingerprint density at radius 1 is 1.23 bits per heavy atom. The van der Waals surface area contributed by atoms with Crippen molar-refractivity contribution in [2.45, 2.75) is 40.2 Å². The van der Waals surface area contributed by atoms with E-state index in [4.69, 9.17) is 14.7 Å². The van der Waals surface area contributed by atoms with Crippen LogP contribution in [0.5, 0.6) is 5.75 Å². The lowest BCUT2D eigenvalue weighted by Crippen LogP contribution is -2.12. The molecule has 1 aromatic carbocycles. The van der Waals surface area contributed by atoms with Crippen LogP contribution in [0.2, 0.25) is 0 Å². The van der Waals surface area contributed by atoms with Gasteiger partial charge in [-0.3, -0.25) is 0 Å². The number of carbonyl (C=O) groups excluding carboxylic acids is 1. The van der Waals surface area contributed by atoms with Crippen LogP contribution in [0, 0.1) is 17.2 Å². The van der Waals surface area contributed by atoms with Crippen LogP contribution in [0.15, 0.2) is 29.8 Å². The minimum atomic E-state index is -0.602. The molecule has 1 aromatic rings. The van der Waals surface area contributed by atoms with Crippen LogP contribution in [-0.4, -0.2) is 18.7 Å². The minimum absolute atomic E-state index is 0.0119. The summed E-state index contributed by atoms with van der Waals surface area (Å²) >= 11 is 0. The molecular formula is C18H23NO3. The summed E-state index contributed by atoms with van der Waals surface area (Å²) in [4.78, 5) is 11.7. The maximum absolute atomic E-state index is 11.7. The van der Waals surface area contributed by atoms with E-state index in [-0.39, 0.29) is 11.7 Å². The predicted molar refractivity (Wildman–Crippen MR) is 86.2 cm³/mol. The molecule has 0 aromatic heterocycles. The van der Waals surface area contributed by atoms with Crippen LogP contribution in [0.3, 0.4) is 0 Å². The van der Waals surface area contributed by atoms with Crippen molar-refractivity contribution in [3.63, 3.8) is 0 Å².